The highest BCUT2D eigenvalue weighted by molar-refractivity contribution is 6.03. The number of pyridine rings is 1. The molecule has 5 nitrogen and oxygen atoms in total. The van der Waals surface area contributed by atoms with Gasteiger partial charge in [-0.25, -0.2) is 9.78 Å². The quantitative estimate of drug-likeness (QED) is 0.715. The molecule has 0 aliphatic carbocycles. The number of hydrogen-bond donors (Lipinski definition) is 3. The van der Waals surface area contributed by atoms with Gasteiger partial charge in [0.2, 0.25) is 0 Å². The second kappa shape index (κ2) is 3.37. The normalized spacial score (nSPS) is 11.9. The summed E-state index contributed by atoms with van der Waals surface area (Å²) in [7, 11) is 0. The van der Waals surface area contributed by atoms with Crippen LogP contribution in [0.15, 0.2) is 12.1 Å². The summed E-state index contributed by atoms with van der Waals surface area (Å²) in [5.41, 5.74) is 3.66. The minimum absolute atomic E-state index is 0.131. The molecule has 2 aromatic rings. The van der Waals surface area contributed by atoms with Gasteiger partial charge in [0.1, 0.15) is 17.0 Å². The highest BCUT2D eigenvalue weighted by Crippen LogP contribution is 2.31. The van der Waals surface area contributed by atoms with Crippen LogP contribution in [0, 0.1) is 0 Å². The summed E-state index contributed by atoms with van der Waals surface area (Å²) < 4.78 is 37.1. The fourth-order valence-corrected chi connectivity index (χ4v) is 1.42. The maximum atomic E-state index is 12.4. The minimum atomic E-state index is -4.59. The average molecular weight is 245 g/mol. The number of fused-ring (bicyclic) bond motifs is 1. The molecule has 4 N–H and O–H groups in total. The van der Waals surface area contributed by atoms with Crippen LogP contribution in [-0.4, -0.2) is 21.0 Å². The van der Waals surface area contributed by atoms with E-state index in [1.165, 1.54) is 0 Å². The second-order valence-electron chi connectivity index (χ2n) is 3.31. The molecule has 0 amide bonds. The Kier molecular flexibility index (Phi) is 2.23. The molecule has 90 valence electrons. The zero-order chi connectivity index (χ0) is 12.8. The molecule has 0 saturated carbocycles. The Hall–Kier alpha value is -2.25. The van der Waals surface area contributed by atoms with Gasteiger partial charge in [-0.2, -0.15) is 13.2 Å². The number of nitrogen functional groups attached to an aromatic ring is 1. The molecule has 0 unspecified atom stereocenters. The molecule has 0 atom stereocenters. The number of aromatic carboxylic acids is 1. The summed E-state index contributed by atoms with van der Waals surface area (Å²) in [5.74, 6) is -1.35. The number of aromatic amines is 1. The number of hydrogen-bond acceptors (Lipinski definition) is 3. The lowest BCUT2D eigenvalue weighted by Gasteiger charge is -2.04. The molecule has 8 heteroatoms. The van der Waals surface area contributed by atoms with Crippen LogP contribution in [0.2, 0.25) is 0 Å². The van der Waals surface area contributed by atoms with E-state index in [-0.39, 0.29) is 22.4 Å². The first kappa shape index (κ1) is 11.2. The van der Waals surface area contributed by atoms with Gasteiger partial charge in [0.05, 0.1) is 5.69 Å². The van der Waals surface area contributed by atoms with Gasteiger partial charge in [0.25, 0.3) is 0 Å². The van der Waals surface area contributed by atoms with Crippen LogP contribution in [0.1, 0.15) is 16.2 Å². The smallest absolute Gasteiger partial charge is 0.433 e. The third-order valence-corrected chi connectivity index (χ3v) is 2.20. The predicted octanol–water partition coefficient (Wildman–Crippen LogP) is 1.86. The van der Waals surface area contributed by atoms with Crippen molar-refractivity contribution in [1.29, 1.82) is 0 Å². The number of nitrogens with one attached hydrogen (secondary N) is 1. The number of H-pyrrole nitrogens is 1. The number of aromatic nitrogens is 2. The zero-order valence-electron chi connectivity index (χ0n) is 8.17. The summed E-state index contributed by atoms with van der Waals surface area (Å²) in [6, 6.07) is 1.83. The van der Waals surface area contributed by atoms with Crippen LogP contribution < -0.4 is 5.73 Å². The summed E-state index contributed by atoms with van der Waals surface area (Å²) in [6.45, 7) is 0. The number of carboxylic acid groups (broad SMARTS) is 1. The molecule has 2 aromatic heterocycles. The number of carboxylic acids is 1. The van der Waals surface area contributed by atoms with E-state index in [0.717, 1.165) is 12.1 Å². The van der Waals surface area contributed by atoms with Gasteiger partial charge >= 0.3 is 12.1 Å². The molecule has 2 rings (SSSR count). The average Bonchev–Trinajstić information content (AvgIpc) is 2.54. The fraction of sp³-hybridized carbons (Fsp3) is 0.111. The SMILES string of the molecule is Nc1c(C(=O)O)[nH]c2nc(C(F)(F)F)ccc12. The van der Waals surface area contributed by atoms with Crippen molar-refractivity contribution in [1.82, 2.24) is 9.97 Å². The van der Waals surface area contributed by atoms with Crippen LogP contribution in [-0.2, 0) is 6.18 Å². The standard InChI is InChI=1S/C9H6F3N3O2/c10-9(11,12)4-2-1-3-5(13)6(8(16)17)15-7(3)14-4/h1-2H,13H2,(H,14,15)(H,16,17). The highest BCUT2D eigenvalue weighted by Gasteiger charge is 2.33. The van der Waals surface area contributed by atoms with Crippen molar-refractivity contribution in [2.45, 2.75) is 6.18 Å². The monoisotopic (exact) mass is 245 g/mol. The predicted molar refractivity (Wildman–Crippen MR) is 52.5 cm³/mol. The number of alkyl halides is 3. The third kappa shape index (κ3) is 1.77. The molecular weight excluding hydrogens is 239 g/mol. The van der Waals surface area contributed by atoms with Gasteiger partial charge in [0, 0.05) is 5.39 Å². The number of anilines is 1. The van der Waals surface area contributed by atoms with E-state index in [9.17, 15) is 18.0 Å². The van der Waals surface area contributed by atoms with Crippen LogP contribution >= 0.6 is 0 Å². The zero-order valence-corrected chi connectivity index (χ0v) is 8.17. The number of nitrogens with zero attached hydrogens (tertiary/aromatic N) is 1. The van der Waals surface area contributed by atoms with E-state index in [1.807, 2.05) is 0 Å². The van der Waals surface area contributed by atoms with Gasteiger partial charge in [-0.05, 0) is 12.1 Å². The van der Waals surface area contributed by atoms with E-state index in [1.54, 1.807) is 0 Å². The molecule has 0 aliphatic heterocycles. The number of carbonyl (C=O) groups is 1. The van der Waals surface area contributed by atoms with Crippen LogP contribution in [0.5, 0.6) is 0 Å². The van der Waals surface area contributed by atoms with Crippen LogP contribution in [0.4, 0.5) is 18.9 Å². The summed E-state index contributed by atoms with van der Waals surface area (Å²) in [6.07, 6.45) is -4.59. The van der Waals surface area contributed by atoms with Gasteiger partial charge in [-0.15, -0.1) is 0 Å². The Balaban J connectivity index is 2.68. The summed E-state index contributed by atoms with van der Waals surface area (Å²) in [4.78, 5) is 16.2. The van der Waals surface area contributed by atoms with Crippen molar-refractivity contribution in [3.8, 4) is 0 Å². The second-order valence-corrected chi connectivity index (χ2v) is 3.31. The van der Waals surface area contributed by atoms with Gasteiger partial charge in [0.15, 0.2) is 0 Å². The lowest BCUT2D eigenvalue weighted by atomic mass is 10.2. The van der Waals surface area contributed by atoms with Crippen molar-refractivity contribution in [2.24, 2.45) is 0 Å². The van der Waals surface area contributed by atoms with Crippen LogP contribution in [0.3, 0.4) is 0 Å². The van der Waals surface area contributed by atoms with E-state index in [2.05, 4.69) is 9.97 Å². The number of nitrogens with two attached hydrogens (primary N) is 1. The molecule has 0 bridgehead atoms. The molecule has 0 radical (unpaired) electrons. The van der Waals surface area contributed by atoms with Gasteiger partial charge < -0.3 is 15.8 Å². The Bertz CT molecular complexity index is 603. The maximum Gasteiger partial charge on any atom is 0.433 e. The first-order chi connectivity index (χ1) is 7.80. The maximum absolute atomic E-state index is 12.4. The van der Waals surface area contributed by atoms with Crippen molar-refractivity contribution in [3.63, 3.8) is 0 Å². The Morgan fingerprint density at radius 2 is 2.06 bits per heavy atom. The van der Waals surface area contributed by atoms with Crippen LogP contribution in [0.25, 0.3) is 11.0 Å². The first-order valence-corrected chi connectivity index (χ1v) is 4.39. The lowest BCUT2D eigenvalue weighted by Crippen LogP contribution is -2.07. The fourth-order valence-electron chi connectivity index (χ4n) is 1.42. The molecule has 0 aromatic carbocycles. The minimum Gasteiger partial charge on any atom is -0.477 e. The summed E-state index contributed by atoms with van der Waals surface area (Å²) in [5, 5.41) is 8.88. The van der Waals surface area contributed by atoms with Gasteiger partial charge in [-0.3, -0.25) is 0 Å². The topological polar surface area (TPSA) is 92.0 Å². The first-order valence-electron chi connectivity index (χ1n) is 4.39. The lowest BCUT2D eigenvalue weighted by molar-refractivity contribution is -0.141. The molecule has 0 saturated heterocycles. The molecule has 2 heterocycles. The van der Waals surface area contributed by atoms with Crippen molar-refractivity contribution < 1.29 is 23.1 Å². The van der Waals surface area contributed by atoms with E-state index < -0.39 is 17.8 Å². The number of halogens is 3. The third-order valence-electron chi connectivity index (χ3n) is 2.20. The Morgan fingerprint density at radius 1 is 1.41 bits per heavy atom. The molecular formula is C9H6F3N3O2. The number of rotatable bonds is 1. The van der Waals surface area contributed by atoms with E-state index in [0.29, 0.717) is 0 Å². The largest absolute Gasteiger partial charge is 0.477 e. The van der Waals surface area contributed by atoms with E-state index in [4.69, 9.17) is 10.8 Å². The van der Waals surface area contributed by atoms with Crippen molar-refractivity contribution in [3.05, 3.63) is 23.5 Å². The Morgan fingerprint density at radius 3 is 2.59 bits per heavy atom. The molecule has 0 fully saturated rings. The highest BCUT2D eigenvalue weighted by atomic mass is 19.4. The van der Waals surface area contributed by atoms with E-state index >= 15 is 0 Å². The molecule has 17 heavy (non-hydrogen) atoms. The Labute approximate surface area is 92.1 Å². The summed E-state index contributed by atoms with van der Waals surface area (Å²) >= 11 is 0. The van der Waals surface area contributed by atoms with Gasteiger partial charge in [-0.1, -0.05) is 0 Å². The van der Waals surface area contributed by atoms with Crippen molar-refractivity contribution >= 4 is 22.7 Å². The molecule has 0 spiro atoms. The van der Waals surface area contributed by atoms with Crippen molar-refractivity contribution in [2.75, 3.05) is 5.73 Å². The molecule has 0 aliphatic rings.